The van der Waals surface area contributed by atoms with Crippen LogP contribution in [0.5, 0.6) is 0 Å². The summed E-state index contributed by atoms with van der Waals surface area (Å²) in [6.45, 7) is 6.92. The second kappa shape index (κ2) is 6.50. The lowest BCUT2D eigenvalue weighted by Crippen LogP contribution is -2.35. The number of hydrogen-bond donors (Lipinski definition) is 1. The molecule has 0 radical (unpaired) electrons. The second-order valence-corrected chi connectivity index (χ2v) is 6.35. The van der Waals surface area contributed by atoms with E-state index in [2.05, 4.69) is 36.1 Å². The van der Waals surface area contributed by atoms with Gasteiger partial charge >= 0.3 is 0 Å². The van der Waals surface area contributed by atoms with Crippen LogP contribution in [-0.2, 0) is 13.0 Å². The number of aromatic nitrogens is 2. The molecular weight excluding hydrogens is 289 g/mol. The fraction of sp³-hybridized carbons (Fsp3) is 0.375. The van der Waals surface area contributed by atoms with Crippen LogP contribution in [0, 0.1) is 5.82 Å². The molecule has 0 saturated heterocycles. The largest absolute Gasteiger partial charge is 0.306 e. The highest BCUT2D eigenvalue weighted by atomic mass is 35.5. The summed E-state index contributed by atoms with van der Waals surface area (Å²) in [5.41, 5.74) is 1.32. The zero-order valence-electron chi connectivity index (χ0n) is 12.5. The van der Waals surface area contributed by atoms with E-state index in [1.54, 1.807) is 18.3 Å². The standard InChI is InChI=1S/C16H19ClFN3/c1-16(2,3)20-10-11-7-8-19-15(21-11)9-12-13(17)5-4-6-14(12)18/h4-8,20H,9-10H2,1-3H3. The number of nitrogens with one attached hydrogen (secondary N) is 1. The number of halogens is 2. The van der Waals surface area contributed by atoms with Gasteiger partial charge in [0.2, 0.25) is 0 Å². The van der Waals surface area contributed by atoms with Gasteiger partial charge in [0.1, 0.15) is 11.6 Å². The lowest BCUT2D eigenvalue weighted by atomic mass is 10.1. The lowest BCUT2D eigenvalue weighted by Gasteiger charge is -2.20. The maximum Gasteiger partial charge on any atom is 0.133 e. The topological polar surface area (TPSA) is 37.8 Å². The third kappa shape index (κ3) is 4.76. The number of rotatable bonds is 4. The maximum atomic E-state index is 13.8. The van der Waals surface area contributed by atoms with E-state index < -0.39 is 0 Å². The molecular formula is C16H19ClFN3. The van der Waals surface area contributed by atoms with Crippen LogP contribution in [0.4, 0.5) is 4.39 Å². The Morgan fingerprint density at radius 2 is 2.00 bits per heavy atom. The molecule has 0 aliphatic carbocycles. The van der Waals surface area contributed by atoms with Gasteiger partial charge in [-0.3, -0.25) is 0 Å². The van der Waals surface area contributed by atoms with Crippen molar-refractivity contribution in [2.45, 2.75) is 39.3 Å². The highest BCUT2D eigenvalue weighted by Gasteiger charge is 2.12. The molecule has 0 aliphatic rings. The molecule has 0 bridgehead atoms. The second-order valence-electron chi connectivity index (χ2n) is 5.94. The molecule has 1 N–H and O–H groups in total. The Morgan fingerprint density at radius 1 is 1.24 bits per heavy atom. The maximum absolute atomic E-state index is 13.8. The van der Waals surface area contributed by atoms with Crippen molar-refractivity contribution in [2.24, 2.45) is 0 Å². The van der Waals surface area contributed by atoms with E-state index in [1.165, 1.54) is 6.07 Å². The van der Waals surface area contributed by atoms with Crippen LogP contribution in [0.25, 0.3) is 0 Å². The summed E-state index contributed by atoms with van der Waals surface area (Å²) >= 11 is 6.03. The van der Waals surface area contributed by atoms with Crippen molar-refractivity contribution in [1.29, 1.82) is 0 Å². The average Bonchev–Trinajstić information content (AvgIpc) is 2.41. The molecule has 1 aromatic carbocycles. The molecule has 3 nitrogen and oxygen atoms in total. The van der Waals surface area contributed by atoms with Gasteiger partial charge in [-0.1, -0.05) is 17.7 Å². The number of nitrogens with zero attached hydrogens (tertiary/aromatic N) is 2. The lowest BCUT2D eigenvalue weighted by molar-refractivity contribution is 0.420. The van der Waals surface area contributed by atoms with Crippen LogP contribution in [0.1, 0.15) is 37.9 Å². The quantitative estimate of drug-likeness (QED) is 0.935. The Morgan fingerprint density at radius 3 is 2.67 bits per heavy atom. The van der Waals surface area contributed by atoms with E-state index in [1.807, 2.05) is 6.07 Å². The molecule has 112 valence electrons. The molecule has 21 heavy (non-hydrogen) atoms. The van der Waals surface area contributed by atoms with Crippen molar-refractivity contribution in [3.8, 4) is 0 Å². The van der Waals surface area contributed by atoms with Crippen LogP contribution in [-0.4, -0.2) is 15.5 Å². The average molecular weight is 308 g/mol. The summed E-state index contributed by atoms with van der Waals surface area (Å²) in [5, 5.41) is 3.76. The van der Waals surface area contributed by atoms with Gasteiger partial charge in [0.05, 0.1) is 5.69 Å². The summed E-state index contributed by atoms with van der Waals surface area (Å²) in [4.78, 5) is 8.65. The first-order valence-corrected chi connectivity index (χ1v) is 7.22. The van der Waals surface area contributed by atoms with Gasteiger partial charge in [0, 0.05) is 35.3 Å². The van der Waals surface area contributed by atoms with Crippen molar-refractivity contribution >= 4 is 11.6 Å². The van der Waals surface area contributed by atoms with Crippen LogP contribution in [0.3, 0.4) is 0 Å². The number of benzene rings is 1. The first kappa shape index (κ1) is 15.9. The van der Waals surface area contributed by atoms with Crippen molar-refractivity contribution in [2.75, 3.05) is 0 Å². The summed E-state index contributed by atoms with van der Waals surface area (Å²) < 4.78 is 13.8. The summed E-state index contributed by atoms with van der Waals surface area (Å²) in [5.74, 6) is 0.236. The Kier molecular flexibility index (Phi) is 4.91. The van der Waals surface area contributed by atoms with E-state index in [-0.39, 0.29) is 17.8 Å². The fourth-order valence-electron chi connectivity index (χ4n) is 1.84. The molecule has 2 rings (SSSR count). The Labute approximate surface area is 129 Å². The molecule has 0 unspecified atom stereocenters. The van der Waals surface area contributed by atoms with Crippen molar-refractivity contribution in [1.82, 2.24) is 15.3 Å². The minimum atomic E-state index is -0.329. The summed E-state index contributed by atoms with van der Waals surface area (Å²) in [7, 11) is 0. The molecule has 0 saturated carbocycles. The highest BCUT2D eigenvalue weighted by molar-refractivity contribution is 6.31. The van der Waals surface area contributed by atoms with Gasteiger partial charge in [-0.2, -0.15) is 0 Å². The molecule has 0 spiro atoms. The van der Waals surface area contributed by atoms with Gasteiger partial charge < -0.3 is 5.32 Å². The molecule has 5 heteroatoms. The van der Waals surface area contributed by atoms with Gasteiger partial charge in [0.25, 0.3) is 0 Å². The van der Waals surface area contributed by atoms with Crippen molar-refractivity contribution in [3.63, 3.8) is 0 Å². The Balaban J connectivity index is 2.14. The van der Waals surface area contributed by atoms with E-state index in [0.717, 1.165) is 5.69 Å². The first-order valence-electron chi connectivity index (χ1n) is 6.84. The van der Waals surface area contributed by atoms with Gasteiger partial charge in [-0.15, -0.1) is 0 Å². The first-order chi connectivity index (χ1) is 9.85. The molecule has 1 heterocycles. The van der Waals surface area contributed by atoms with E-state index in [9.17, 15) is 4.39 Å². The van der Waals surface area contributed by atoms with Crippen molar-refractivity contribution < 1.29 is 4.39 Å². The zero-order chi connectivity index (χ0) is 15.5. The van der Waals surface area contributed by atoms with E-state index >= 15 is 0 Å². The Bertz CT molecular complexity index is 603. The SMILES string of the molecule is CC(C)(C)NCc1ccnc(Cc2c(F)cccc2Cl)n1. The molecule has 1 aromatic heterocycles. The molecule has 2 aromatic rings. The van der Waals surface area contributed by atoms with Crippen LogP contribution < -0.4 is 5.32 Å². The van der Waals surface area contributed by atoms with Crippen LogP contribution in [0.2, 0.25) is 5.02 Å². The fourth-order valence-corrected chi connectivity index (χ4v) is 2.07. The minimum Gasteiger partial charge on any atom is -0.306 e. The third-order valence-corrected chi connectivity index (χ3v) is 3.31. The predicted octanol–water partition coefficient (Wildman–Crippen LogP) is 3.75. The smallest absolute Gasteiger partial charge is 0.133 e. The molecule has 0 atom stereocenters. The van der Waals surface area contributed by atoms with Gasteiger partial charge in [-0.05, 0) is 39.0 Å². The molecule has 0 amide bonds. The predicted molar refractivity (Wildman–Crippen MR) is 82.8 cm³/mol. The van der Waals surface area contributed by atoms with E-state index in [4.69, 9.17) is 11.6 Å². The van der Waals surface area contributed by atoms with Gasteiger partial charge in [0.15, 0.2) is 0 Å². The third-order valence-electron chi connectivity index (χ3n) is 2.96. The Hall–Kier alpha value is -1.52. The van der Waals surface area contributed by atoms with Crippen molar-refractivity contribution in [3.05, 3.63) is 58.4 Å². The van der Waals surface area contributed by atoms with Crippen LogP contribution >= 0.6 is 11.6 Å². The summed E-state index contributed by atoms with van der Waals surface area (Å²) in [6.07, 6.45) is 1.98. The highest BCUT2D eigenvalue weighted by Crippen LogP contribution is 2.21. The summed E-state index contributed by atoms with van der Waals surface area (Å²) in [6, 6.07) is 6.51. The van der Waals surface area contributed by atoms with Crippen LogP contribution in [0.15, 0.2) is 30.5 Å². The molecule has 0 fully saturated rings. The van der Waals surface area contributed by atoms with Gasteiger partial charge in [-0.25, -0.2) is 14.4 Å². The zero-order valence-corrected chi connectivity index (χ0v) is 13.2. The monoisotopic (exact) mass is 307 g/mol. The number of hydrogen-bond acceptors (Lipinski definition) is 3. The normalized spacial score (nSPS) is 11.7. The molecule has 0 aliphatic heterocycles. The minimum absolute atomic E-state index is 0.0138. The van der Waals surface area contributed by atoms with E-state index in [0.29, 0.717) is 23.0 Å².